The van der Waals surface area contributed by atoms with Crippen LogP contribution >= 0.6 is 0 Å². The van der Waals surface area contributed by atoms with Gasteiger partial charge in [-0.05, 0) is 61.9 Å². The number of aryl methyl sites for hydroxylation is 2. The van der Waals surface area contributed by atoms with Gasteiger partial charge in [0.1, 0.15) is 0 Å². The van der Waals surface area contributed by atoms with Gasteiger partial charge in [-0.2, -0.15) is 5.10 Å². The average molecular weight is 407 g/mol. The summed E-state index contributed by atoms with van der Waals surface area (Å²) in [6, 6.07) is 14.3. The third-order valence-corrected chi connectivity index (χ3v) is 4.62. The van der Waals surface area contributed by atoms with E-state index in [9.17, 15) is 9.59 Å². The van der Waals surface area contributed by atoms with Gasteiger partial charge in [0.2, 0.25) is 6.79 Å². The highest BCUT2D eigenvalue weighted by atomic mass is 16.7. The third-order valence-electron chi connectivity index (χ3n) is 4.62. The van der Waals surface area contributed by atoms with Crippen LogP contribution in [-0.2, 0) is 16.1 Å². The van der Waals surface area contributed by atoms with Crippen molar-refractivity contribution in [3.8, 4) is 17.2 Å². The zero-order chi connectivity index (χ0) is 21.1. The molecule has 1 aliphatic heterocycles. The second-order valence-electron chi connectivity index (χ2n) is 6.93. The van der Waals surface area contributed by atoms with E-state index < -0.39 is 5.97 Å². The molecule has 1 aromatic heterocycles. The van der Waals surface area contributed by atoms with Gasteiger partial charge in [0.25, 0.3) is 5.91 Å². The smallest absolute Gasteiger partial charge is 0.338 e. The molecule has 4 rings (SSSR count). The van der Waals surface area contributed by atoms with Gasteiger partial charge in [-0.25, -0.2) is 9.48 Å². The normalized spacial score (nSPS) is 11.9. The SMILES string of the molecule is Cc1cc(C)n(-c2ccc(C(=O)OCC(=O)NCc3ccc4c(c3)OCO4)cc2)n1. The highest BCUT2D eigenvalue weighted by Crippen LogP contribution is 2.32. The maximum Gasteiger partial charge on any atom is 0.338 e. The van der Waals surface area contributed by atoms with Gasteiger partial charge in [0, 0.05) is 12.2 Å². The summed E-state index contributed by atoms with van der Waals surface area (Å²) >= 11 is 0. The number of nitrogens with one attached hydrogen (secondary N) is 1. The summed E-state index contributed by atoms with van der Waals surface area (Å²) in [5.74, 6) is 0.383. The van der Waals surface area contributed by atoms with E-state index in [0.717, 1.165) is 22.6 Å². The van der Waals surface area contributed by atoms with Crippen molar-refractivity contribution in [1.29, 1.82) is 0 Å². The summed E-state index contributed by atoms with van der Waals surface area (Å²) in [6.07, 6.45) is 0. The highest BCUT2D eigenvalue weighted by molar-refractivity contribution is 5.91. The average Bonchev–Trinajstić information content (AvgIpc) is 3.35. The van der Waals surface area contributed by atoms with E-state index in [-0.39, 0.29) is 19.3 Å². The monoisotopic (exact) mass is 407 g/mol. The Morgan fingerprint density at radius 1 is 1.07 bits per heavy atom. The Morgan fingerprint density at radius 3 is 2.57 bits per heavy atom. The van der Waals surface area contributed by atoms with Crippen molar-refractivity contribution in [2.45, 2.75) is 20.4 Å². The van der Waals surface area contributed by atoms with Crippen molar-refractivity contribution in [3.63, 3.8) is 0 Å². The fourth-order valence-corrected chi connectivity index (χ4v) is 3.15. The Kier molecular flexibility index (Phi) is 5.38. The summed E-state index contributed by atoms with van der Waals surface area (Å²) in [6.45, 7) is 4.02. The second kappa shape index (κ2) is 8.28. The Labute approximate surface area is 173 Å². The minimum Gasteiger partial charge on any atom is -0.454 e. The highest BCUT2D eigenvalue weighted by Gasteiger charge is 2.14. The summed E-state index contributed by atoms with van der Waals surface area (Å²) < 4.78 is 17.5. The van der Waals surface area contributed by atoms with Crippen LogP contribution < -0.4 is 14.8 Å². The number of ether oxygens (including phenoxy) is 3. The predicted octanol–water partition coefficient (Wildman–Crippen LogP) is 2.69. The number of fused-ring (bicyclic) bond motifs is 1. The van der Waals surface area contributed by atoms with Crippen LogP contribution in [0, 0.1) is 13.8 Å². The van der Waals surface area contributed by atoms with Gasteiger partial charge >= 0.3 is 5.97 Å². The van der Waals surface area contributed by atoms with Crippen molar-refractivity contribution in [2.24, 2.45) is 0 Å². The van der Waals surface area contributed by atoms with E-state index in [1.54, 1.807) is 41.1 Å². The molecule has 0 saturated heterocycles. The fourth-order valence-electron chi connectivity index (χ4n) is 3.15. The van der Waals surface area contributed by atoms with Crippen LogP contribution in [0.3, 0.4) is 0 Å². The first-order valence-corrected chi connectivity index (χ1v) is 9.45. The van der Waals surface area contributed by atoms with Crippen molar-refractivity contribution in [3.05, 3.63) is 71.0 Å². The standard InChI is InChI=1S/C22H21N3O5/c1-14-9-15(2)25(24-14)18-6-4-17(5-7-18)22(27)28-12-21(26)23-11-16-3-8-19-20(10-16)30-13-29-19/h3-10H,11-13H2,1-2H3,(H,23,26). The number of rotatable bonds is 6. The van der Waals surface area contributed by atoms with Gasteiger partial charge in [-0.1, -0.05) is 6.07 Å². The van der Waals surface area contributed by atoms with Crippen molar-refractivity contribution >= 4 is 11.9 Å². The molecule has 30 heavy (non-hydrogen) atoms. The molecular weight excluding hydrogens is 386 g/mol. The predicted molar refractivity (Wildman–Crippen MR) is 108 cm³/mol. The Morgan fingerprint density at radius 2 is 1.83 bits per heavy atom. The molecule has 1 N–H and O–H groups in total. The maximum atomic E-state index is 12.2. The summed E-state index contributed by atoms with van der Waals surface area (Å²) in [7, 11) is 0. The first kappa shape index (κ1) is 19.5. The Balaban J connectivity index is 1.27. The molecule has 3 aromatic rings. The zero-order valence-corrected chi connectivity index (χ0v) is 16.7. The molecule has 0 atom stereocenters. The van der Waals surface area contributed by atoms with E-state index in [2.05, 4.69) is 10.4 Å². The number of esters is 1. The number of aromatic nitrogens is 2. The molecule has 8 heteroatoms. The number of amides is 1. The molecule has 0 bridgehead atoms. The van der Waals surface area contributed by atoms with Gasteiger partial charge in [-0.3, -0.25) is 4.79 Å². The molecular formula is C22H21N3O5. The molecule has 1 aliphatic rings. The summed E-state index contributed by atoms with van der Waals surface area (Å²) in [4.78, 5) is 24.2. The number of carbonyl (C=O) groups excluding carboxylic acids is 2. The van der Waals surface area contributed by atoms with Gasteiger partial charge in [-0.15, -0.1) is 0 Å². The largest absolute Gasteiger partial charge is 0.454 e. The lowest BCUT2D eigenvalue weighted by atomic mass is 10.2. The molecule has 0 aliphatic carbocycles. The van der Waals surface area contributed by atoms with Crippen molar-refractivity contribution < 1.29 is 23.8 Å². The van der Waals surface area contributed by atoms with E-state index in [4.69, 9.17) is 14.2 Å². The van der Waals surface area contributed by atoms with Crippen LogP contribution in [-0.4, -0.2) is 35.1 Å². The number of carbonyl (C=O) groups is 2. The second-order valence-corrected chi connectivity index (χ2v) is 6.93. The minimum atomic E-state index is -0.562. The van der Waals surface area contributed by atoms with Crippen LogP contribution in [0.2, 0.25) is 0 Å². The molecule has 0 saturated carbocycles. The number of benzene rings is 2. The van der Waals surface area contributed by atoms with Crippen molar-refractivity contribution in [2.75, 3.05) is 13.4 Å². The Hall–Kier alpha value is -3.81. The molecule has 0 unspecified atom stereocenters. The molecule has 154 valence electrons. The minimum absolute atomic E-state index is 0.198. The summed E-state index contributed by atoms with van der Waals surface area (Å²) in [5.41, 5.74) is 3.99. The van der Waals surface area contributed by atoms with Crippen LogP contribution in [0.5, 0.6) is 11.5 Å². The van der Waals surface area contributed by atoms with Crippen LogP contribution in [0.1, 0.15) is 27.3 Å². The number of hydrogen-bond acceptors (Lipinski definition) is 6. The number of hydrogen-bond donors (Lipinski definition) is 1. The molecule has 2 heterocycles. The van der Waals surface area contributed by atoms with Crippen LogP contribution in [0.15, 0.2) is 48.5 Å². The van der Waals surface area contributed by atoms with E-state index in [1.165, 1.54) is 0 Å². The topological polar surface area (TPSA) is 91.7 Å². The first-order valence-electron chi connectivity index (χ1n) is 9.45. The van der Waals surface area contributed by atoms with Crippen LogP contribution in [0.4, 0.5) is 0 Å². The Bertz CT molecular complexity index is 1090. The lowest BCUT2D eigenvalue weighted by molar-refractivity contribution is -0.124. The van der Waals surface area contributed by atoms with Crippen LogP contribution in [0.25, 0.3) is 5.69 Å². The van der Waals surface area contributed by atoms with Crippen molar-refractivity contribution in [1.82, 2.24) is 15.1 Å². The molecule has 0 radical (unpaired) electrons. The van der Waals surface area contributed by atoms with Gasteiger partial charge in [0.05, 0.1) is 16.9 Å². The quantitative estimate of drug-likeness (QED) is 0.632. The lowest BCUT2D eigenvalue weighted by Crippen LogP contribution is -2.28. The first-order chi connectivity index (χ1) is 14.5. The molecule has 8 nitrogen and oxygen atoms in total. The van der Waals surface area contributed by atoms with Gasteiger partial charge < -0.3 is 19.5 Å². The fraction of sp³-hybridized carbons (Fsp3) is 0.227. The molecule has 0 fully saturated rings. The van der Waals surface area contributed by atoms with Gasteiger partial charge in [0.15, 0.2) is 18.1 Å². The number of nitrogens with zero attached hydrogens (tertiary/aromatic N) is 2. The van der Waals surface area contributed by atoms with E-state index in [0.29, 0.717) is 23.6 Å². The van der Waals surface area contributed by atoms with E-state index >= 15 is 0 Å². The zero-order valence-electron chi connectivity index (χ0n) is 16.7. The summed E-state index contributed by atoms with van der Waals surface area (Å²) in [5, 5.41) is 7.12. The lowest BCUT2D eigenvalue weighted by Gasteiger charge is -2.08. The molecule has 0 spiro atoms. The van der Waals surface area contributed by atoms with E-state index in [1.807, 2.05) is 26.0 Å². The molecule has 1 amide bonds. The maximum absolute atomic E-state index is 12.2. The third kappa shape index (κ3) is 4.27. The molecule has 2 aromatic carbocycles.